The number of likely N-dealkylation sites (N-methyl/N-ethyl adjacent to an activating group) is 1. The van der Waals surface area contributed by atoms with Crippen molar-refractivity contribution >= 4 is 27.3 Å². The van der Waals surface area contributed by atoms with E-state index in [4.69, 9.17) is 9.47 Å². The summed E-state index contributed by atoms with van der Waals surface area (Å²) in [6, 6.07) is 6.75. The van der Waals surface area contributed by atoms with Gasteiger partial charge in [-0.05, 0) is 70.1 Å². The van der Waals surface area contributed by atoms with Crippen LogP contribution in [0.1, 0.15) is 23.6 Å². The number of fused-ring (bicyclic) bond motifs is 1. The average Bonchev–Trinajstić information content (AvgIpc) is 2.96. The van der Waals surface area contributed by atoms with Gasteiger partial charge in [-0.3, -0.25) is 0 Å². The molecule has 1 N–H and O–H groups in total. The Labute approximate surface area is 155 Å². The van der Waals surface area contributed by atoms with E-state index in [0.29, 0.717) is 19.3 Å². The predicted octanol–water partition coefficient (Wildman–Crippen LogP) is 4.06. The molecule has 1 unspecified atom stereocenters. The Balaban J connectivity index is 1.64. The molecule has 1 aliphatic heterocycles. The van der Waals surface area contributed by atoms with E-state index in [1.165, 1.54) is 11.1 Å². The second-order valence-electron chi connectivity index (χ2n) is 6.12. The lowest BCUT2D eigenvalue weighted by Gasteiger charge is -2.24. The molecule has 0 saturated heterocycles. The Morgan fingerprint density at radius 2 is 2.12 bits per heavy atom. The number of halogens is 1. The Hall–Kier alpha value is -1.08. The summed E-state index contributed by atoms with van der Waals surface area (Å²) in [5.41, 5.74) is 2.55. The van der Waals surface area contributed by atoms with Crippen molar-refractivity contribution in [3.8, 4) is 11.5 Å². The molecule has 2 aromatic rings. The van der Waals surface area contributed by atoms with Gasteiger partial charge in [0, 0.05) is 25.6 Å². The third kappa shape index (κ3) is 4.30. The van der Waals surface area contributed by atoms with Gasteiger partial charge in [-0.25, -0.2) is 0 Å². The van der Waals surface area contributed by atoms with Gasteiger partial charge in [0.25, 0.3) is 0 Å². The normalized spacial score (nSPS) is 15.3. The third-order valence-corrected chi connectivity index (χ3v) is 5.37. The van der Waals surface area contributed by atoms with Crippen LogP contribution in [0, 0.1) is 0 Å². The largest absolute Gasteiger partial charge is 0.490 e. The highest BCUT2D eigenvalue weighted by Gasteiger charge is 2.17. The SMILES string of the molecule is CN(C)C(CNCc1cc(Br)c2c(c1)OCCCO2)c1ccsc1. The van der Waals surface area contributed by atoms with Crippen molar-refractivity contribution in [1.82, 2.24) is 10.2 Å². The van der Waals surface area contributed by atoms with E-state index in [2.05, 4.69) is 69.2 Å². The van der Waals surface area contributed by atoms with Crippen LogP contribution < -0.4 is 14.8 Å². The number of hydrogen-bond donors (Lipinski definition) is 1. The molecule has 0 radical (unpaired) electrons. The number of hydrogen-bond acceptors (Lipinski definition) is 5. The van der Waals surface area contributed by atoms with Crippen molar-refractivity contribution < 1.29 is 9.47 Å². The zero-order valence-electron chi connectivity index (χ0n) is 14.0. The molecule has 2 heterocycles. The van der Waals surface area contributed by atoms with Gasteiger partial charge in [0.05, 0.1) is 17.7 Å². The van der Waals surface area contributed by atoms with Gasteiger partial charge in [-0.1, -0.05) is 0 Å². The molecule has 24 heavy (non-hydrogen) atoms. The first-order valence-electron chi connectivity index (χ1n) is 8.12. The molecule has 0 amide bonds. The maximum atomic E-state index is 5.80. The average molecular weight is 411 g/mol. The highest BCUT2D eigenvalue weighted by Crippen LogP contribution is 2.38. The molecule has 1 aromatic carbocycles. The van der Waals surface area contributed by atoms with Gasteiger partial charge in [-0.2, -0.15) is 11.3 Å². The van der Waals surface area contributed by atoms with Crippen molar-refractivity contribution in [2.45, 2.75) is 19.0 Å². The van der Waals surface area contributed by atoms with Crippen LogP contribution in [0.2, 0.25) is 0 Å². The van der Waals surface area contributed by atoms with E-state index >= 15 is 0 Å². The summed E-state index contributed by atoms with van der Waals surface area (Å²) in [5.74, 6) is 1.65. The maximum Gasteiger partial charge on any atom is 0.175 e. The van der Waals surface area contributed by atoms with Crippen LogP contribution in [0.25, 0.3) is 0 Å². The van der Waals surface area contributed by atoms with E-state index in [9.17, 15) is 0 Å². The fourth-order valence-corrected chi connectivity index (χ4v) is 4.11. The van der Waals surface area contributed by atoms with Crippen molar-refractivity contribution in [3.63, 3.8) is 0 Å². The van der Waals surface area contributed by atoms with Crippen LogP contribution in [0.4, 0.5) is 0 Å². The van der Waals surface area contributed by atoms with Crippen LogP contribution in [-0.2, 0) is 6.54 Å². The molecule has 0 fully saturated rings. The van der Waals surface area contributed by atoms with Gasteiger partial charge in [0.2, 0.25) is 0 Å². The molecule has 3 rings (SSSR count). The van der Waals surface area contributed by atoms with E-state index in [-0.39, 0.29) is 0 Å². The van der Waals surface area contributed by atoms with E-state index in [1.807, 2.05) is 0 Å². The van der Waals surface area contributed by atoms with Gasteiger partial charge >= 0.3 is 0 Å². The summed E-state index contributed by atoms with van der Waals surface area (Å²) in [4.78, 5) is 2.25. The second kappa shape index (κ2) is 8.34. The highest BCUT2D eigenvalue weighted by molar-refractivity contribution is 9.10. The number of benzene rings is 1. The van der Waals surface area contributed by atoms with Crippen molar-refractivity contribution in [1.29, 1.82) is 0 Å². The number of thiophene rings is 1. The molecule has 1 aliphatic rings. The summed E-state index contributed by atoms with van der Waals surface area (Å²) >= 11 is 5.35. The first-order valence-corrected chi connectivity index (χ1v) is 9.86. The molecular formula is C18H23BrN2O2S. The van der Waals surface area contributed by atoms with Crippen molar-refractivity contribution in [2.24, 2.45) is 0 Å². The summed E-state index contributed by atoms with van der Waals surface area (Å²) in [6.45, 7) is 3.10. The minimum absolute atomic E-state index is 0.375. The van der Waals surface area contributed by atoms with Gasteiger partial charge in [-0.15, -0.1) is 0 Å². The summed E-state index contributed by atoms with van der Waals surface area (Å²) in [5, 5.41) is 7.92. The first-order chi connectivity index (χ1) is 11.6. The van der Waals surface area contributed by atoms with Gasteiger partial charge in [0.15, 0.2) is 11.5 Å². The topological polar surface area (TPSA) is 33.7 Å². The molecule has 6 heteroatoms. The lowest BCUT2D eigenvalue weighted by Crippen LogP contribution is -2.30. The molecule has 1 atom stereocenters. The zero-order valence-corrected chi connectivity index (χ0v) is 16.5. The van der Waals surface area contributed by atoms with Gasteiger partial charge < -0.3 is 19.7 Å². The zero-order chi connectivity index (χ0) is 16.9. The Kier molecular flexibility index (Phi) is 6.16. The number of ether oxygens (including phenoxy) is 2. The van der Waals surface area contributed by atoms with Crippen LogP contribution in [0.15, 0.2) is 33.4 Å². The molecule has 130 valence electrons. The van der Waals surface area contributed by atoms with Crippen LogP contribution >= 0.6 is 27.3 Å². The van der Waals surface area contributed by atoms with Crippen LogP contribution in [0.5, 0.6) is 11.5 Å². The molecule has 0 aliphatic carbocycles. The second-order valence-corrected chi connectivity index (χ2v) is 7.76. The monoisotopic (exact) mass is 410 g/mol. The predicted molar refractivity (Wildman–Crippen MR) is 102 cm³/mol. The summed E-state index contributed by atoms with van der Waals surface area (Å²) in [6.07, 6.45) is 0.917. The number of nitrogens with one attached hydrogen (secondary N) is 1. The lowest BCUT2D eigenvalue weighted by molar-refractivity contribution is 0.288. The Bertz CT molecular complexity index is 661. The van der Waals surface area contributed by atoms with E-state index < -0.39 is 0 Å². The molecule has 0 saturated carbocycles. The summed E-state index contributed by atoms with van der Waals surface area (Å²) in [7, 11) is 4.24. The van der Waals surface area contributed by atoms with E-state index in [0.717, 1.165) is 35.5 Å². The Morgan fingerprint density at radius 1 is 1.29 bits per heavy atom. The minimum atomic E-state index is 0.375. The fourth-order valence-electron chi connectivity index (χ4n) is 2.80. The summed E-state index contributed by atoms with van der Waals surface area (Å²) < 4.78 is 12.5. The molecule has 0 bridgehead atoms. The minimum Gasteiger partial charge on any atom is -0.490 e. The molecule has 0 spiro atoms. The third-order valence-electron chi connectivity index (χ3n) is 4.08. The molecular weight excluding hydrogens is 388 g/mol. The molecule has 1 aromatic heterocycles. The maximum absolute atomic E-state index is 5.80. The van der Waals surface area contributed by atoms with E-state index in [1.54, 1.807) is 11.3 Å². The highest BCUT2D eigenvalue weighted by atomic mass is 79.9. The van der Waals surface area contributed by atoms with Crippen LogP contribution in [0.3, 0.4) is 0 Å². The standard InChI is InChI=1S/C18H23BrN2O2S/c1-21(2)16(14-4-7-24-12-14)11-20-10-13-8-15(19)18-17(9-13)22-5-3-6-23-18/h4,7-9,12,16,20H,3,5-6,10-11H2,1-2H3. The van der Waals surface area contributed by atoms with Gasteiger partial charge in [0.1, 0.15) is 0 Å². The van der Waals surface area contributed by atoms with Crippen molar-refractivity contribution in [3.05, 3.63) is 44.6 Å². The van der Waals surface area contributed by atoms with Crippen LogP contribution in [-0.4, -0.2) is 38.8 Å². The van der Waals surface area contributed by atoms with Crippen molar-refractivity contribution in [2.75, 3.05) is 33.9 Å². The quantitative estimate of drug-likeness (QED) is 0.777. The Morgan fingerprint density at radius 3 is 2.88 bits per heavy atom. The number of nitrogens with zero attached hydrogens (tertiary/aromatic N) is 1. The molecule has 4 nitrogen and oxygen atoms in total. The number of rotatable bonds is 6. The lowest BCUT2D eigenvalue weighted by atomic mass is 10.1. The fraction of sp³-hybridized carbons (Fsp3) is 0.444. The smallest absolute Gasteiger partial charge is 0.175 e. The first kappa shape index (κ1) is 17.7.